The zero-order chi connectivity index (χ0) is 9.52. The van der Waals surface area contributed by atoms with Gasteiger partial charge in [0.25, 0.3) is 0 Å². The maximum absolute atomic E-state index is 2.47. The predicted octanol–water partition coefficient (Wildman–Crippen LogP) is 3.60. The summed E-state index contributed by atoms with van der Waals surface area (Å²) in [5, 5.41) is 0. The van der Waals surface area contributed by atoms with Gasteiger partial charge in [-0.25, -0.2) is 4.31 Å². The van der Waals surface area contributed by atoms with Crippen molar-refractivity contribution in [2.24, 2.45) is 0 Å². The Hall–Kier alpha value is -0.210. The van der Waals surface area contributed by atoms with Gasteiger partial charge in [0.05, 0.1) is 0 Å². The van der Waals surface area contributed by atoms with Crippen LogP contribution in [0.2, 0.25) is 0 Å². The normalized spacial score (nSPS) is 21.2. The molecule has 2 heteroatoms. The molecule has 1 aliphatic heterocycles. The van der Waals surface area contributed by atoms with Crippen LogP contribution in [0.3, 0.4) is 0 Å². The maximum atomic E-state index is 2.47. The van der Waals surface area contributed by atoms with E-state index in [1.54, 1.807) is 0 Å². The maximum Gasteiger partial charge on any atom is 0.00925 e. The summed E-state index contributed by atoms with van der Waals surface area (Å²) >= 11 is 1.90. The van der Waals surface area contributed by atoms with Gasteiger partial charge in [-0.05, 0) is 43.5 Å². The molecule has 0 spiro atoms. The molecule has 0 bridgehead atoms. The molecular weight excluding hydrogens is 178 g/mol. The van der Waals surface area contributed by atoms with Crippen LogP contribution >= 0.6 is 11.9 Å². The van der Waals surface area contributed by atoms with Crippen molar-refractivity contribution in [3.05, 3.63) is 23.1 Å². The number of nitrogens with zero attached hydrogens (tertiary/aromatic N) is 1. The Bertz CT molecular complexity index is 190. The number of hydrogen-bond donors (Lipinski definition) is 0. The molecule has 0 amide bonds. The number of piperidine rings is 1. The Morgan fingerprint density at radius 1 is 1.23 bits per heavy atom. The van der Waals surface area contributed by atoms with Gasteiger partial charge >= 0.3 is 0 Å². The number of rotatable bonds is 3. The molecule has 0 atom stereocenters. The smallest absolute Gasteiger partial charge is 0.00925 e. The van der Waals surface area contributed by atoms with Gasteiger partial charge in [0.2, 0.25) is 0 Å². The van der Waals surface area contributed by atoms with E-state index in [1.165, 1.54) is 37.3 Å². The lowest BCUT2D eigenvalue weighted by Crippen LogP contribution is -2.22. The zero-order valence-electron chi connectivity index (χ0n) is 8.62. The average molecular weight is 197 g/mol. The molecule has 1 aliphatic rings. The third kappa shape index (κ3) is 4.53. The highest BCUT2D eigenvalue weighted by Crippen LogP contribution is 2.24. The van der Waals surface area contributed by atoms with Gasteiger partial charge in [-0.2, -0.15) is 0 Å². The lowest BCUT2D eigenvalue weighted by atomic mass is 10.2. The molecular formula is C11H19NS. The quantitative estimate of drug-likeness (QED) is 0.502. The monoisotopic (exact) mass is 197 g/mol. The molecule has 0 aromatic heterocycles. The Morgan fingerprint density at radius 2 is 1.92 bits per heavy atom. The third-order valence-electron chi connectivity index (χ3n) is 2.11. The summed E-state index contributed by atoms with van der Waals surface area (Å²) in [6.45, 7) is 6.74. The fraction of sp³-hybridized carbons (Fsp3) is 0.636. The molecule has 0 aromatic carbocycles. The molecule has 0 unspecified atom stereocenters. The molecule has 1 nitrogen and oxygen atoms in total. The first-order valence-electron chi connectivity index (χ1n) is 5.05. The van der Waals surface area contributed by atoms with Gasteiger partial charge < -0.3 is 0 Å². The minimum absolute atomic E-state index is 1.26. The van der Waals surface area contributed by atoms with Crippen LogP contribution in [0.1, 0.15) is 33.1 Å². The summed E-state index contributed by atoms with van der Waals surface area (Å²) < 4.78 is 2.47. The van der Waals surface area contributed by atoms with Gasteiger partial charge in [0.15, 0.2) is 0 Å². The van der Waals surface area contributed by atoms with Gasteiger partial charge in [-0.15, -0.1) is 0 Å². The Kier molecular flexibility index (Phi) is 5.25. The van der Waals surface area contributed by atoms with Gasteiger partial charge in [0.1, 0.15) is 0 Å². The summed E-state index contributed by atoms with van der Waals surface area (Å²) in [4.78, 5) is 1.39. The predicted molar refractivity (Wildman–Crippen MR) is 61.6 cm³/mol. The summed E-state index contributed by atoms with van der Waals surface area (Å²) in [7, 11) is 0. The highest BCUT2D eigenvalue weighted by molar-refractivity contribution is 8.00. The van der Waals surface area contributed by atoms with Crippen LogP contribution in [0.25, 0.3) is 0 Å². The molecule has 13 heavy (non-hydrogen) atoms. The second kappa shape index (κ2) is 6.28. The Balaban J connectivity index is 2.29. The molecule has 0 aromatic rings. The molecule has 0 saturated carbocycles. The van der Waals surface area contributed by atoms with Crippen molar-refractivity contribution in [2.75, 3.05) is 13.1 Å². The largest absolute Gasteiger partial charge is 0.247 e. The van der Waals surface area contributed by atoms with Gasteiger partial charge in [-0.1, -0.05) is 24.6 Å². The second-order valence-electron chi connectivity index (χ2n) is 3.38. The zero-order valence-corrected chi connectivity index (χ0v) is 9.44. The van der Waals surface area contributed by atoms with Crippen LogP contribution in [0.15, 0.2) is 23.1 Å². The molecule has 1 rings (SSSR count). The van der Waals surface area contributed by atoms with E-state index < -0.39 is 0 Å². The van der Waals surface area contributed by atoms with Crippen LogP contribution in [-0.4, -0.2) is 17.4 Å². The molecule has 1 saturated heterocycles. The molecule has 74 valence electrons. The van der Waals surface area contributed by atoms with Crippen molar-refractivity contribution in [2.45, 2.75) is 33.1 Å². The van der Waals surface area contributed by atoms with Crippen LogP contribution in [0.4, 0.5) is 0 Å². The topological polar surface area (TPSA) is 3.24 Å². The number of hydrogen-bond acceptors (Lipinski definition) is 2. The lowest BCUT2D eigenvalue weighted by Gasteiger charge is -2.25. The van der Waals surface area contributed by atoms with E-state index in [1.807, 2.05) is 11.9 Å². The van der Waals surface area contributed by atoms with Crippen LogP contribution in [0.5, 0.6) is 0 Å². The molecule has 0 N–H and O–H groups in total. The molecule has 0 aliphatic carbocycles. The summed E-state index contributed by atoms with van der Waals surface area (Å²) in [5.74, 6) is 0. The van der Waals surface area contributed by atoms with E-state index in [0.717, 1.165) is 0 Å². The first-order valence-corrected chi connectivity index (χ1v) is 5.83. The first kappa shape index (κ1) is 10.9. The van der Waals surface area contributed by atoms with Crippen LogP contribution < -0.4 is 0 Å². The molecule has 1 heterocycles. The van der Waals surface area contributed by atoms with Gasteiger partial charge in [-0.3, -0.25) is 0 Å². The van der Waals surface area contributed by atoms with E-state index in [-0.39, 0.29) is 0 Å². The van der Waals surface area contributed by atoms with E-state index >= 15 is 0 Å². The fourth-order valence-corrected chi connectivity index (χ4v) is 2.41. The fourth-order valence-electron chi connectivity index (χ4n) is 1.42. The minimum Gasteiger partial charge on any atom is -0.247 e. The summed E-state index contributed by atoms with van der Waals surface area (Å²) in [6, 6.07) is 0. The third-order valence-corrected chi connectivity index (χ3v) is 3.16. The van der Waals surface area contributed by atoms with E-state index in [0.29, 0.717) is 0 Å². The minimum atomic E-state index is 1.26. The van der Waals surface area contributed by atoms with Crippen molar-refractivity contribution in [1.29, 1.82) is 0 Å². The molecule has 0 radical (unpaired) electrons. The van der Waals surface area contributed by atoms with Crippen molar-refractivity contribution >= 4 is 11.9 Å². The molecule has 1 fully saturated rings. The van der Waals surface area contributed by atoms with Crippen molar-refractivity contribution in [3.8, 4) is 0 Å². The van der Waals surface area contributed by atoms with Crippen LogP contribution in [0, 0.1) is 0 Å². The van der Waals surface area contributed by atoms with Crippen molar-refractivity contribution in [1.82, 2.24) is 4.31 Å². The average Bonchev–Trinajstić information content (AvgIpc) is 2.16. The van der Waals surface area contributed by atoms with Crippen LogP contribution in [-0.2, 0) is 0 Å². The highest BCUT2D eigenvalue weighted by atomic mass is 32.2. The summed E-state index contributed by atoms with van der Waals surface area (Å²) in [5.41, 5.74) is 0. The highest BCUT2D eigenvalue weighted by Gasteiger charge is 2.10. The van der Waals surface area contributed by atoms with E-state index in [9.17, 15) is 0 Å². The van der Waals surface area contributed by atoms with Crippen molar-refractivity contribution in [3.63, 3.8) is 0 Å². The van der Waals surface area contributed by atoms with Gasteiger partial charge in [0, 0.05) is 13.1 Å². The Morgan fingerprint density at radius 3 is 2.54 bits per heavy atom. The second-order valence-corrected chi connectivity index (χ2v) is 4.73. The first-order chi connectivity index (χ1) is 6.33. The van der Waals surface area contributed by atoms with Crippen molar-refractivity contribution < 1.29 is 0 Å². The SMILES string of the molecule is C/C=C\C=C(/C)SN1CCCCC1. The lowest BCUT2D eigenvalue weighted by molar-refractivity contribution is 0.382. The van der Waals surface area contributed by atoms with E-state index in [4.69, 9.17) is 0 Å². The standard InChI is InChI=1S/C11H19NS/c1-3-4-8-11(2)13-12-9-6-5-7-10-12/h3-4,8H,5-7,9-10H2,1-2H3/b4-3-,11-8+. The number of allylic oxidation sites excluding steroid dienone is 4. The van der Waals surface area contributed by atoms with E-state index in [2.05, 4.69) is 36.4 Å². The Labute approximate surface area is 86.0 Å². The summed E-state index contributed by atoms with van der Waals surface area (Å²) in [6.07, 6.45) is 10.5.